The molecule has 3 aromatic rings. The average molecular weight is 327 g/mol. The molecule has 1 aromatic heterocycles. The molecule has 23 heavy (non-hydrogen) atoms. The maximum absolute atomic E-state index is 12.8. The number of nitrogens with zero attached hydrogens (tertiary/aromatic N) is 1. The first kappa shape index (κ1) is 14.3. The van der Waals surface area contributed by atoms with Gasteiger partial charge in [-0.2, -0.15) is 0 Å². The van der Waals surface area contributed by atoms with Crippen LogP contribution in [0.25, 0.3) is 10.9 Å². The number of aromatic nitrogens is 1. The van der Waals surface area contributed by atoms with E-state index in [2.05, 4.69) is 0 Å². The van der Waals surface area contributed by atoms with Crippen molar-refractivity contribution < 1.29 is 13.2 Å². The van der Waals surface area contributed by atoms with Gasteiger partial charge in [0, 0.05) is 17.6 Å². The van der Waals surface area contributed by atoms with E-state index < -0.39 is 10.0 Å². The summed E-state index contributed by atoms with van der Waals surface area (Å²) in [6.07, 6.45) is 4.04. The van der Waals surface area contributed by atoms with Gasteiger partial charge in [-0.15, -0.1) is 0 Å². The molecule has 4 nitrogen and oxygen atoms in total. The van der Waals surface area contributed by atoms with E-state index in [0.717, 1.165) is 5.39 Å². The molecule has 0 spiro atoms. The topological polar surface area (TPSA) is 48.3 Å². The number of benzene rings is 2. The first-order valence-electron chi connectivity index (χ1n) is 7.69. The monoisotopic (exact) mass is 327 g/mol. The van der Waals surface area contributed by atoms with Crippen LogP contribution in [0.5, 0.6) is 5.75 Å². The molecule has 0 amide bonds. The third-order valence-electron chi connectivity index (χ3n) is 4.11. The van der Waals surface area contributed by atoms with Crippen molar-refractivity contribution in [1.82, 2.24) is 3.97 Å². The van der Waals surface area contributed by atoms with Crippen molar-refractivity contribution in [2.45, 2.75) is 17.7 Å². The number of hydrogen-bond donors (Lipinski definition) is 0. The van der Waals surface area contributed by atoms with E-state index in [9.17, 15) is 8.42 Å². The van der Waals surface area contributed by atoms with Gasteiger partial charge in [-0.05, 0) is 49.1 Å². The minimum absolute atomic E-state index is 0.279. The fourth-order valence-electron chi connectivity index (χ4n) is 2.59. The van der Waals surface area contributed by atoms with Crippen molar-refractivity contribution in [3.63, 3.8) is 0 Å². The lowest BCUT2D eigenvalue weighted by molar-refractivity contribution is 0.300. The molecule has 118 valence electrons. The summed E-state index contributed by atoms with van der Waals surface area (Å²) in [6.45, 7) is 0.706. The van der Waals surface area contributed by atoms with Gasteiger partial charge in [0.05, 0.1) is 17.0 Å². The fourth-order valence-corrected chi connectivity index (χ4v) is 3.95. The van der Waals surface area contributed by atoms with Crippen LogP contribution in [0, 0.1) is 5.92 Å². The molecule has 0 unspecified atom stereocenters. The molecule has 0 aliphatic heterocycles. The number of fused-ring (bicyclic) bond motifs is 1. The highest BCUT2D eigenvalue weighted by atomic mass is 32.2. The SMILES string of the molecule is O=S(=O)(c1ccccc1)n1ccc2ccc(OCC3CC3)cc21. The molecule has 0 radical (unpaired) electrons. The van der Waals surface area contributed by atoms with Crippen molar-refractivity contribution in [2.24, 2.45) is 5.92 Å². The minimum atomic E-state index is -3.60. The molecule has 0 saturated heterocycles. The molecular formula is C18H17NO3S. The van der Waals surface area contributed by atoms with E-state index in [0.29, 0.717) is 23.8 Å². The van der Waals surface area contributed by atoms with Crippen LogP contribution in [0.4, 0.5) is 0 Å². The summed E-state index contributed by atoms with van der Waals surface area (Å²) in [6, 6.07) is 15.9. The first-order valence-corrected chi connectivity index (χ1v) is 9.13. The van der Waals surface area contributed by atoms with Gasteiger partial charge >= 0.3 is 0 Å². The summed E-state index contributed by atoms with van der Waals surface area (Å²) in [4.78, 5) is 0.279. The summed E-state index contributed by atoms with van der Waals surface area (Å²) in [7, 11) is -3.60. The van der Waals surface area contributed by atoms with Crippen LogP contribution in [0.15, 0.2) is 65.7 Å². The molecule has 0 bridgehead atoms. The highest BCUT2D eigenvalue weighted by Crippen LogP contribution is 2.31. The Morgan fingerprint density at radius 2 is 1.83 bits per heavy atom. The van der Waals surface area contributed by atoms with E-state index in [-0.39, 0.29) is 4.90 Å². The minimum Gasteiger partial charge on any atom is -0.493 e. The number of rotatable bonds is 5. The molecule has 1 fully saturated rings. The van der Waals surface area contributed by atoms with Gasteiger partial charge in [0.2, 0.25) is 0 Å². The smallest absolute Gasteiger partial charge is 0.268 e. The van der Waals surface area contributed by atoms with Gasteiger partial charge in [-0.1, -0.05) is 18.2 Å². The van der Waals surface area contributed by atoms with Crippen LogP contribution in [-0.2, 0) is 10.0 Å². The summed E-state index contributed by atoms with van der Waals surface area (Å²) in [5.74, 6) is 1.37. The summed E-state index contributed by atoms with van der Waals surface area (Å²) >= 11 is 0. The lowest BCUT2D eigenvalue weighted by Gasteiger charge is -2.09. The third kappa shape index (κ3) is 2.72. The summed E-state index contributed by atoms with van der Waals surface area (Å²) in [5, 5.41) is 0.878. The second-order valence-corrected chi connectivity index (χ2v) is 7.72. The normalized spacial score (nSPS) is 15.0. The van der Waals surface area contributed by atoms with Crippen LogP contribution in [0.2, 0.25) is 0 Å². The average Bonchev–Trinajstić information content (AvgIpc) is 3.30. The predicted molar refractivity (Wildman–Crippen MR) is 89.2 cm³/mol. The molecule has 0 atom stereocenters. The molecular weight excluding hydrogens is 310 g/mol. The highest BCUT2D eigenvalue weighted by Gasteiger charge is 2.22. The Bertz CT molecular complexity index is 941. The molecule has 0 N–H and O–H groups in total. The summed E-state index contributed by atoms with van der Waals surface area (Å²) < 4.78 is 32.7. The lowest BCUT2D eigenvalue weighted by atomic mass is 10.2. The molecule has 1 saturated carbocycles. The lowest BCUT2D eigenvalue weighted by Crippen LogP contribution is -2.11. The van der Waals surface area contributed by atoms with E-state index in [1.807, 2.05) is 12.1 Å². The first-order chi connectivity index (χ1) is 11.1. The second-order valence-electron chi connectivity index (χ2n) is 5.90. The zero-order chi connectivity index (χ0) is 15.9. The van der Waals surface area contributed by atoms with Gasteiger partial charge in [-0.3, -0.25) is 0 Å². The van der Waals surface area contributed by atoms with Gasteiger partial charge in [0.25, 0.3) is 10.0 Å². The Morgan fingerprint density at radius 3 is 2.57 bits per heavy atom. The quantitative estimate of drug-likeness (QED) is 0.718. The van der Waals surface area contributed by atoms with Crippen molar-refractivity contribution in [2.75, 3.05) is 6.61 Å². The molecule has 2 aromatic carbocycles. The van der Waals surface area contributed by atoms with Crippen molar-refractivity contribution >= 4 is 20.9 Å². The maximum Gasteiger partial charge on any atom is 0.268 e. The Hall–Kier alpha value is -2.27. The van der Waals surface area contributed by atoms with Crippen LogP contribution >= 0.6 is 0 Å². The molecule has 1 aliphatic carbocycles. The van der Waals surface area contributed by atoms with E-state index in [1.54, 1.807) is 48.7 Å². The van der Waals surface area contributed by atoms with Crippen LogP contribution in [0.3, 0.4) is 0 Å². The third-order valence-corrected chi connectivity index (χ3v) is 5.82. The standard InChI is InChI=1S/C18H17NO3S/c20-23(21,17-4-2-1-3-5-17)19-11-10-15-8-9-16(12-18(15)19)22-13-14-6-7-14/h1-5,8-12,14H,6-7,13H2. The predicted octanol–water partition coefficient (Wildman–Crippen LogP) is 3.67. The fraction of sp³-hybridized carbons (Fsp3) is 0.222. The van der Waals surface area contributed by atoms with E-state index >= 15 is 0 Å². The molecule has 1 aliphatic rings. The number of ether oxygens (including phenoxy) is 1. The number of hydrogen-bond acceptors (Lipinski definition) is 3. The van der Waals surface area contributed by atoms with Gasteiger partial charge < -0.3 is 4.74 Å². The highest BCUT2D eigenvalue weighted by molar-refractivity contribution is 7.90. The summed E-state index contributed by atoms with van der Waals surface area (Å²) in [5.41, 5.74) is 0.641. The van der Waals surface area contributed by atoms with Gasteiger partial charge in [0.15, 0.2) is 0 Å². The Morgan fingerprint density at radius 1 is 1.04 bits per heavy atom. The van der Waals surface area contributed by atoms with E-state index in [4.69, 9.17) is 4.74 Å². The van der Waals surface area contributed by atoms with Crippen LogP contribution < -0.4 is 4.74 Å². The second kappa shape index (κ2) is 5.42. The Labute approximate surface area is 135 Å². The molecule has 4 rings (SSSR count). The van der Waals surface area contributed by atoms with Crippen LogP contribution in [0.1, 0.15) is 12.8 Å². The largest absolute Gasteiger partial charge is 0.493 e. The van der Waals surface area contributed by atoms with Crippen molar-refractivity contribution in [3.8, 4) is 5.75 Å². The molecule has 5 heteroatoms. The van der Waals surface area contributed by atoms with Crippen LogP contribution in [-0.4, -0.2) is 19.0 Å². The van der Waals surface area contributed by atoms with Crippen molar-refractivity contribution in [3.05, 3.63) is 60.8 Å². The van der Waals surface area contributed by atoms with Gasteiger partial charge in [-0.25, -0.2) is 12.4 Å². The Balaban J connectivity index is 1.75. The Kier molecular flexibility index (Phi) is 3.38. The van der Waals surface area contributed by atoms with Gasteiger partial charge in [0.1, 0.15) is 5.75 Å². The zero-order valence-corrected chi connectivity index (χ0v) is 13.4. The van der Waals surface area contributed by atoms with Crippen molar-refractivity contribution in [1.29, 1.82) is 0 Å². The zero-order valence-electron chi connectivity index (χ0n) is 12.6. The molecule has 1 heterocycles. The maximum atomic E-state index is 12.8. The van der Waals surface area contributed by atoms with E-state index in [1.165, 1.54) is 16.8 Å².